The molecule has 0 aliphatic rings. The molecule has 0 aromatic heterocycles. The van der Waals surface area contributed by atoms with Crippen LogP contribution in [0.15, 0.2) is 0 Å². The summed E-state index contributed by atoms with van der Waals surface area (Å²) in [7, 11) is 1.90. The molecular formula is C11H25N3O2. The van der Waals surface area contributed by atoms with Crippen LogP contribution in [0.2, 0.25) is 0 Å². The van der Waals surface area contributed by atoms with Crippen LogP contribution in [0.3, 0.4) is 0 Å². The molecule has 0 saturated carbocycles. The molecule has 5 nitrogen and oxygen atoms in total. The van der Waals surface area contributed by atoms with Crippen LogP contribution in [-0.2, 0) is 9.53 Å². The second-order valence-corrected chi connectivity index (χ2v) is 5.13. The zero-order chi connectivity index (χ0) is 12.8. The molecule has 0 atom stereocenters. The highest BCUT2D eigenvalue weighted by molar-refractivity contribution is 5.77. The van der Waals surface area contributed by atoms with Crippen LogP contribution in [0, 0.1) is 0 Å². The molecule has 0 rings (SSSR count). The highest BCUT2D eigenvalue weighted by atomic mass is 16.5. The Morgan fingerprint density at radius 2 is 1.88 bits per heavy atom. The zero-order valence-electron chi connectivity index (χ0n) is 11.0. The molecule has 0 aromatic rings. The summed E-state index contributed by atoms with van der Waals surface area (Å²) in [5.74, 6) is -0.134. The third-order valence-corrected chi connectivity index (χ3v) is 2.32. The van der Waals surface area contributed by atoms with Crippen LogP contribution in [0.5, 0.6) is 0 Å². The predicted molar refractivity (Wildman–Crippen MR) is 65.0 cm³/mol. The van der Waals surface area contributed by atoms with Crippen molar-refractivity contribution in [2.45, 2.75) is 45.4 Å². The fourth-order valence-electron chi connectivity index (χ4n) is 0.942. The van der Waals surface area contributed by atoms with Crippen LogP contribution >= 0.6 is 0 Å². The fraction of sp³-hybridized carbons (Fsp3) is 0.909. The molecule has 16 heavy (non-hydrogen) atoms. The molecule has 0 fully saturated rings. The van der Waals surface area contributed by atoms with Crippen LogP contribution in [0.25, 0.3) is 0 Å². The van der Waals surface area contributed by atoms with E-state index in [0.29, 0.717) is 6.54 Å². The normalized spacial score (nSPS) is 12.6. The Kier molecular flexibility index (Phi) is 5.92. The highest BCUT2D eigenvalue weighted by Crippen LogP contribution is 2.05. The van der Waals surface area contributed by atoms with E-state index < -0.39 is 5.72 Å². The minimum Gasteiger partial charge on any atom is -0.354 e. The first-order valence-electron chi connectivity index (χ1n) is 5.55. The smallest absolute Gasteiger partial charge is 0.246 e. The first-order valence-corrected chi connectivity index (χ1v) is 5.55. The van der Waals surface area contributed by atoms with Crippen molar-refractivity contribution in [3.8, 4) is 0 Å². The van der Waals surface area contributed by atoms with Gasteiger partial charge in [-0.15, -0.1) is 0 Å². The van der Waals surface area contributed by atoms with Gasteiger partial charge in [0.05, 0.1) is 0 Å². The minimum absolute atomic E-state index is 0.00345. The minimum atomic E-state index is -0.762. The van der Waals surface area contributed by atoms with Crippen LogP contribution in [0.1, 0.15) is 34.1 Å². The van der Waals surface area contributed by atoms with Gasteiger partial charge in [0.25, 0.3) is 0 Å². The van der Waals surface area contributed by atoms with Gasteiger partial charge in [0, 0.05) is 12.1 Å². The van der Waals surface area contributed by atoms with Gasteiger partial charge in [0.15, 0.2) is 0 Å². The lowest BCUT2D eigenvalue weighted by Gasteiger charge is -2.24. The Morgan fingerprint density at radius 1 is 1.31 bits per heavy atom. The number of amides is 1. The number of hydrogen-bond acceptors (Lipinski definition) is 4. The Labute approximate surface area is 98.1 Å². The third-order valence-electron chi connectivity index (χ3n) is 2.32. The molecule has 0 aliphatic carbocycles. The summed E-state index contributed by atoms with van der Waals surface area (Å²) in [6.45, 7) is 8.22. The first-order chi connectivity index (χ1) is 7.16. The molecule has 1 amide bonds. The van der Waals surface area contributed by atoms with Gasteiger partial charge in [-0.2, -0.15) is 0 Å². The molecule has 0 aliphatic heterocycles. The third kappa shape index (κ3) is 8.64. The summed E-state index contributed by atoms with van der Waals surface area (Å²) in [6, 6.07) is 0. The zero-order valence-corrected chi connectivity index (χ0v) is 11.0. The van der Waals surface area contributed by atoms with E-state index in [1.165, 1.54) is 0 Å². The van der Waals surface area contributed by atoms with Gasteiger partial charge in [-0.05, 0) is 41.2 Å². The Morgan fingerprint density at radius 3 is 2.31 bits per heavy atom. The van der Waals surface area contributed by atoms with Gasteiger partial charge in [-0.1, -0.05) is 0 Å². The summed E-state index contributed by atoms with van der Waals surface area (Å²) in [5.41, 5.74) is 4.86. The topological polar surface area (TPSA) is 76.4 Å². The highest BCUT2D eigenvalue weighted by Gasteiger charge is 2.16. The number of rotatable bonds is 7. The number of nitrogens with two attached hydrogens (primary N) is 1. The van der Waals surface area contributed by atoms with Crippen molar-refractivity contribution in [3.63, 3.8) is 0 Å². The van der Waals surface area contributed by atoms with Crippen LogP contribution in [-0.4, -0.2) is 37.4 Å². The average Bonchev–Trinajstić information content (AvgIpc) is 2.13. The summed E-state index contributed by atoms with van der Waals surface area (Å²) in [4.78, 5) is 11.4. The maximum absolute atomic E-state index is 11.4. The molecule has 0 radical (unpaired) electrons. The average molecular weight is 231 g/mol. The van der Waals surface area contributed by atoms with Crippen molar-refractivity contribution in [3.05, 3.63) is 0 Å². The monoisotopic (exact) mass is 231 g/mol. The van der Waals surface area contributed by atoms with E-state index in [9.17, 15) is 4.79 Å². The first kappa shape index (κ1) is 15.3. The largest absolute Gasteiger partial charge is 0.354 e. The van der Waals surface area contributed by atoms with Gasteiger partial charge in [0.2, 0.25) is 5.91 Å². The molecule has 0 bridgehead atoms. The van der Waals surface area contributed by atoms with Crippen molar-refractivity contribution in [1.82, 2.24) is 10.6 Å². The van der Waals surface area contributed by atoms with Crippen molar-refractivity contribution in [2.24, 2.45) is 5.73 Å². The maximum Gasteiger partial charge on any atom is 0.246 e. The van der Waals surface area contributed by atoms with E-state index in [1.807, 2.05) is 7.05 Å². The quantitative estimate of drug-likeness (QED) is 0.547. The van der Waals surface area contributed by atoms with Gasteiger partial charge in [-0.25, -0.2) is 0 Å². The predicted octanol–water partition coefficient (Wildman–Crippen LogP) is 0.202. The molecule has 4 N–H and O–H groups in total. The number of ether oxygens (including phenoxy) is 1. The van der Waals surface area contributed by atoms with Gasteiger partial charge < -0.3 is 21.1 Å². The van der Waals surface area contributed by atoms with Crippen molar-refractivity contribution < 1.29 is 9.53 Å². The summed E-state index contributed by atoms with van der Waals surface area (Å²) >= 11 is 0. The lowest BCUT2D eigenvalue weighted by Crippen LogP contribution is -2.42. The number of nitrogens with one attached hydrogen (secondary N) is 2. The lowest BCUT2D eigenvalue weighted by molar-refractivity contribution is -0.131. The SMILES string of the molecule is CNC(C)(C)CCNC(=O)COC(C)(C)N. The molecular weight excluding hydrogens is 206 g/mol. The van der Waals surface area contributed by atoms with Crippen LogP contribution in [0.4, 0.5) is 0 Å². The molecule has 5 heteroatoms. The molecule has 0 aromatic carbocycles. The van der Waals surface area contributed by atoms with E-state index in [1.54, 1.807) is 13.8 Å². The Bertz CT molecular complexity index is 222. The van der Waals surface area contributed by atoms with E-state index in [0.717, 1.165) is 6.42 Å². The van der Waals surface area contributed by atoms with Crippen molar-refractivity contribution in [2.75, 3.05) is 20.2 Å². The Balaban J connectivity index is 3.67. The van der Waals surface area contributed by atoms with E-state index in [4.69, 9.17) is 10.5 Å². The molecule has 96 valence electrons. The van der Waals surface area contributed by atoms with Crippen molar-refractivity contribution in [1.29, 1.82) is 0 Å². The Hall–Kier alpha value is -0.650. The van der Waals surface area contributed by atoms with Crippen molar-refractivity contribution >= 4 is 5.91 Å². The summed E-state index contributed by atoms with van der Waals surface area (Å²) < 4.78 is 5.15. The molecule has 0 unspecified atom stereocenters. The van der Waals surface area contributed by atoms with Gasteiger partial charge >= 0.3 is 0 Å². The number of carbonyl (C=O) groups excluding carboxylic acids is 1. The lowest BCUT2D eigenvalue weighted by atomic mass is 10.0. The van der Waals surface area contributed by atoms with E-state index in [-0.39, 0.29) is 18.1 Å². The number of carbonyl (C=O) groups is 1. The van der Waals surface area contributed by atoms with E-state index in [2.05, 4.69) is 24.5 Å². The van der Waals surface area contributed by atoms with E-state index >= 15 is 0 Å². The standard InChI is InChI=1S/C11H25N3O2/c1-10(2,13-5)6-7-14-9(15)8-16-11(3,4)12/h13H,6-8,12H2,1-5H3,(H,14,15). The van der Waals surface area contributed by atoms with Gasteiger partial charge in [0.1, 0.15) is 12.3 Å². The second kappa shape index (κ2) is 6.18. The molecule has 0 heterocycles. The maximum atomic E-state index is 11.4. The summed E-state index contributed by atoms with van der Waals surface area (Å²) in [5, 5.41) is 5.95. The molecule has 0 saturated heterocycles. The van der Waals surface area contributed by atoms with Crippen LogP contribution < -0.4 is 16.4 Å². The summed E-state index contributed by atoms with van der Waals surface area (Å²) in [6.07, 6.45) is 0.862. The van der Waals surface area contributed by atoms with Gasteiger partial charge in [-0.3, -0.25) is 4.79 Å². The number of hydrogen-bond donors (Lipinski definition) is 3. The molecule has 0 spiro atoms. The fourth-order valence-corrected chi connectivity index (χ4v) is 0.942. The second-order valence-electron chi connectivity index (χ2n) is 5.13.